The minimum absolute atomic E-state index is 0.0204. The highest BCUT2D eigenvalue weighted by Crippen LogP contribution is 2.31. The molecule has 0 unspecified atom stereocenters. The lowest BCUT2D eigenvalue weighted by Gasteiger charge is -2.38. The number of carbonyl (C=O) groups is 1. The van der Waals surface area contributed by atoms with Crippen molar-refractivity contribution in [2.24, 2.45) is 0 Å². The molecule has 1 N–H and O–H groups in total. The number of nitrogens with zero attached hydrogens (tertiary/aromatic N) is 4. The molecule has 0 saturated carbocycles. The lowest BCUT2D eigenvalue weighted by Crippen LogP contribution is -2.63. The van der Waals surface area contributed by atoms with E-state index in [9.17, 15) is 22.0 Å². The second-order valence-electron chi connectivity index (χ2n) is 7.37. The number of alkyl halides is 2. The topological polar surface area (TPSA) is 125 Å². The molecule has 1 fully saturated rings. The molecule has 1 amide bonds. The number of sulfone groups is 1. The summed E-state index contributed by atoms with van der Waals surface area (Å²) in [5.74, 6) is -1.08. The fourth-order valence-electron chi connectivity index (χ4n) is 3.28. The van der Waals surface area contributed by atoms with Gasteiger partial charge in [-0.2, -0.15) is 5.10 Å². The van der Waals surface area contributed by atoms with Crippen LogP contribution < -0.4 is 14.8 Å². The van der Waals surface area contributed by atoms with E-state index in [1.54, 1.807) is 6.92 Å². The van der Waals surface area contributed by atoms with Crippen molar-refractivity contribution in [1.82, 2.24) is 24.9 Å². The smallest absolute Gasteiger partial charge is 0.283 e. The minimum atomic E-state index is -3.15. The molecule has 4 heterocycles. The fourth-order valence-corrected chi connectivity index (χ4v) is 5.54. The molecular formula is C18H16ClF2N5O5S. The summed E-state index contributed by atoms with van der Waals surface area (Å²) in [6.07, 6.45) is 1.35. The van der Waals surface area contributed by atoms with E-state index in [1.807, 2.05) is 0 Å². The van der Waals surface area contributed by atoms with Crippen molar-refractivity contribution in [3.05, 3.63) is 41.4 Å². The maximum Gasteiger partial charge on any atom is 0.283 e. The maximum absolute atomic E-state index is 12.6. The maximum atomic E-state index is 12.6. The highest BCUT2D eigenvalue weighted by atomic mass is 35.5. The summed E-state index contributed by atoms with van der Waals surface area (Å²) in [4.78, 5) is 20.4. The Morgan fingerprint density at radius 2 is 2.00 bits per heavy atom. The standard InChI is InChI=1S/C18H16ClF2N5O5S/c1-18(8-32(28,29)9-18)24-15(27)14-13(19)11-6-10(2-5-26(11)25-14)31-17-16(22-3-4-23-17)30-7-12(20)21/h2-6,12H,7-9H2,1H3,(H,24,27). The predicted octanol–water partition coefficient (Wildman–Crippen LogP) is 2.13. The highest BCUT2D eigenvalue weighted by Gasteiger charge is 2.46. The van der Waals surface area contributed by atoms with Crippen LogP contribution in [0.2, 0.25) is 5.02 Å². The Hall–Kier alpha value is -3.06. The second kappa shape index (κ2) is 8.13. The minimum Gasteiger partial charge on any atom is -0.468 e. The first-order chi connectivity index (χ1) is 15.1. The zero-order valence-electron chi connectivity index (χ0n) is 16.5. The van der Waals surface area contributed by atoms with Crippen LogP contribution in [0.1, 0.15) is 17.4 Å². The monoisotopic (exact) mass is 487 g/mol. The Morgan fingerprint density at radius 3 is 2.66 bits per heavy atom. The van der Waals surface area contributed by atoms with Crippen molar-refractivity contribution >= 4 is 32.9 Å². The number of hydrogen-bond donors (Lipinski definition) is 1. The van der Waals surface area contributed by atoms with Crippen LogP contribution in [-0.2, 0) is 9.84 Å². The summed E-state index contributed by atoms with van der Waals surface area (Å²) in [6, 6.07) is 2.95. The molecule has 0 spiro atoms. The number of fused-ring (bicyclic) bond motifs is 1. The van der Waals surface area contributed by atoms with Gasteiger partial charge in [-0.1, -0.05) is 11.6 Å². The zero-order chi connectivity index (χ0) is 23.1. The molecule has 1 aliphatic heterocycles. The van der Waals surface area contributed by atoms with Crippen LogP contribution in [0.4, 0.5) is 8.78 Å². The number of ether oxygens (including phenoxy) is 2. The van der Waals surface area contributed by atoms with Crippen LogP contribution in [0.5, 0.6) is 17.5 Å². The average molecular weight is 488 g/mol. The van der Waals surface area contributed by atoms with Crippen LogP contribution >= 0.6 is 11.6 Å². The third-order valence-corrected chi connectivity index (χ3v) is 6.97. The van der Waals surface area contributed by atoms with Crippen LogP contribution in [0.15, 0.2) is 30.7 Å². The first-order valence-electron chi connectivity index (χ1n) is 9.16. The van der Waals surface area contributed by atoms with Gasteiger partial charge in [0.25, 0.3) is 24.1 Å². The molecule has 1 aliphatic rings. The van der Waals surface area contributed by atoms with Crippen molar-refractivity contribution in [3.63, 3.8) is 0 Å². The van der Waals surface area contributed by atoms with Gasteiger partial charge in [0.2, 0.25) is 0 Å². The van der Waals surface area contributed by atoms with E-state index in [0.29, 0.717) is 5.52 Å². The molecule has 32 heavy (non-hydrogen) atoms. The SMILES string of the molecule is CC1(NC(=O)c2nn3ccc(Oc4nccnc4OCC(F)F)cc3c2Cl)CS(=O)(=O)C1. The number of halogens is 3. The first kappa shape index (κ1) is 22.1. The molecule has 0 bridgehead atoms. The first-order valence-corrected chi connectivity index (χ1v) is 11.4. The highest BCUT2D eigenvalue weighted by molar-refractivity contribution is 7.93. The number of amides is 1. The molecule has 0 aromatic carbocycles. The molecule has 0 radical (unpaired) electrons. The predicted molar refractivity (Wildman–Crippen MR) is 108 cm³/mol. The van der Waals surface area contributed by atoms with E-state index in [1.165, 1.54) is 35.2 Å². The second-order valence-corrected chi connectivity index (χ2v) is 9.82. The van der Waals surface area contributed by atoms with Crippen molar-refractivity contribution in [3.8, 4) is 17.5 Å². The molecule has 0 atom stereocenters. The normalized spacial score (nSPS) is 16.5. The molecule has 10 nitrogen and oxygen atoms in total. The van der Waals surface area contributed by atoms with Crippen LogP contribution in [0.25, 0.3) is 5.52 Å². The molecule has 170 valence electrons. The number of pyridine rings is 1. The Labute approximate surface area is 185 Å². The Kier molecular flexibility index (Phi) is 5.63. The summed E-state index contributed by atoms with van der Waals surface area (Å²) in [7, 11) is -3.15. The van der Waals surface area contributed by atoms with Crippen molar-refractivity contribution in [2.75, 3.05) is 18.1 Å². The van der Waals surface area contributed by atoms with Crippen molar-refractivity contribution < 1.29 is 31.5 Å². The average Bonchev–Trinajstić information content (AvgIpc) is 3.02. The van der Waals surface area contributed by atoms with Gasteiger partial charge in [-0.05, 0) is 13.0 Å². The van der Waals surface area contributed by atoms with Gasteiger partial charge >= 0.3 is 0 Å². The number of rotatable bonds is 7. The van der Waals surface area contributed by atoms with E-state index in [2.05, 4.69) is 20.4 Å². The summed E-state index contributed by atoms with van der Waals surface area (Å²) >= 11 is 6.33. The number of aromatic nitrogens is 4. The Balaban J connectivity index is 1.56. The van der Waals surface area contributed by atoms with Gasteiger partial charge in [-0.25, -0.2) is 31.7 Å². The summed E-state index contributed by atoms with van der Waals surface area (Å²) in [5.41, 5.74) is -0.654. The summed E-state index contributed by atoms with van der Waals surface area (Å²) in [6.45, 7) is 0.747. The van der Waals surface area contributed by atoms with Gasteiger partial charge in [0, 0.05) is 24.7 Å². The van der Waals surface area contributed by atoms with Gasteiger partial charge in [0.05, 0.1) is 27.6 Å². The largest absolute Gasteiger partial charge is 0.468 e. The molecule has 0 aliphatic carbocycles. The van der Waals surface area contributed by atoms with E-state index in [-0.39, 0.29) is 39.7 Å². The summed E-state index contributed by atoms with van der Waals surface area (Å²) in [5, 5.41) is 6.80. The quantitative estimate of drug-likeness (QED) is 0.537. The molecule has 3 aromatic rings. The van der Waals surface area contributed by atoms with E-state index in [0.717, 1.165) is 0 Å². The van der Waals surface area contributed by atoms with E-state index < -0.39 is 34.3 Å². The van der Waals surface area contributed by atoms with E-state index in [4.69, 9.17) is 21.1 Å². The molecule has 3 aromatic heterocycles. The van der Waals surface area contributed by atoms with Gasteiger partial charge in [-0.3, -0.25) is 4.79 Å². The van der Waals surface area contributed by atoms with Crippen molar-refractivity contribution in [1.29, 1.82) is 0 Å². The lowest BCUT2D eigenvalue weighted by molar-refractivity contribution is 0.0779. The van der Waals surface area contributed by atoms with Gasteiger partial charge in [0.15, 0.2) is 22.1 Å². The number of carbonyl (C=O) groups excluding carboxylic acids is 1. The third kappa shape index (κ3) is 4.58. The fraction of sp³-hybridized carbons (Fsp3) is 0.333. The van der Waals surface area contributed by atoms with Crippen LogP contribution in [0, 0.1) is 0 Å². The van der Waals surface area contributed by atoms with Crippen molar-refractivity contribution in [2.45, 2.75) is 18.9 Å². The summed E-state index contributed by atoms with van der Waals surface area (Å²) < 4.78 is 59.6. The molecular weight excluding hydrogens is 472 g/mol. The lowest BCUT2D eigenvalue weighted by atomic mass is 10.1. The van der Waals surface area contributed by atoms with Crippen LogP contribution in [0.3, 0.4) is 0 Å². The van der Waals surface area contributed by atoms with Crippen LogP contribution in [-0.4, -0.2) is 64.0 Å². The zero-order valence-corrected chi connectivity index (χ0v) is 18.0. The Morgan fingerprint density at radius 1 is 1.31 bits per heavy atom. The van der Waals surface area contributed by atoms with Gasteiger partial charge < -0.3 is 14.8 Å². The molecule has 4 rings (SSSR count). The number of hydrogen-bond acceptors (Lipinski definition) is 8. The molecule has 1 saturated heterocycles. The Bertz CT molecular complexity index is 1290. The number of nitrogens with one attached hydrogen (secondary N) is 1. The van der Waals surface area contributed by atoms with Gasteiger partial charge in [-0.15, -0.1) is 0 Å². The van der Waals surface area contributed by atoms with E-state index >= 15 is 0 Å². The molecule has 14 heteroatoms. The third-order valence-electron chi connectivity index (χ3n) is 4.45. The van der Waals surface area contributed by atoms with Gasteiger partial charge in [0.1, 0.15) is 5.75 Å².